The molecule has 1 amide bonds. The van der Waals surface area contributed by atoms with E-state index in [0.717, 1.165) is 44.9 Å². The minimum atomic E-state index is -1.21. The van der Waals surface area contributed by atoms with Gasteiger partial charge in [0.1, 0.15) is 6.04 Å². The maximum absolute atomic E-state index is 11.6. The Kier molecular flexibility index (Phi) is 18.5. The van der Waals surface area contributed by atoms with Crippen LogP contribution in [0.25, 0.3) is 0 Å². The number of hydrogen-bond acceptors (Lipinski definition) is 3. The molecule has 5 nitrogen and oxygen atoms in total. The third-order valence-corrected chi connectivity index (χ3v) is 4.36. The summed E-state index contributed by atoms with van der Waals surface area (Å²) in [6, 6.07) is -1.20. The molecule has 0 unspecified atom stereocenters. The van der Waals surface area contributed by atoms with Gasteiger partial charge in [-0.05, 0) is 44.9 Å². The van der Waals surface area contributed by atoms with Gasteiger partial charge in [0, 0.05) is 6.42 Å². The molecule has 0 saturated carbocycles. The van der Waals surface area contributed by atoms with Crippen LogP contribution in [0.2, 0.25) is 0 Å². The lowest BCUT2D eigenvalue weighted by Gasteiger charge is -2.11. The van der Waals surface area contributed by atoms with Crippen molar-refractivity contribution in [2.75, 3.05) is 6.61 Å². The molecule has 1 atom stereocenters. The summed E-state index contributed by atoms with van der Waals surface area (Å²) in [7, 11) is 0. The molecule has 0 bridgehead atoms. The highest BCUT2D eigenvalue weighted by atomic mass is 16.4. The molecule has 28 heavy (non-hydrogen) atoms. The van der Waals surface area contributed by atoms with Crippen LogP contribution >= 0.6 is 0 Å². The normalized spacial score (nSPS) is 12.9. The fourth-order valence-corrected chi connectivity index (χ4v) is 2.64. The molecule has 0 rings (SSSR count). The van der Waals surface area contributed by atoms with Crippen molar-refractivity contribution >= 4 is 11.9 Å². The first-order chi connectivity index (χ1) is 13.6. The number of carboxylic acid groups (broad SMARTS) is 1. The highest BCUT2D eigenvalue weighted by molar-refractivity contribution is 5.83. The molecule has 0 saturated heterocycles. The van der Waals surface area contributed by atoms with E-state index in [1.54, 1.807) is 0 Å². The van der Waals surface area contributed by atoms with Crippen molar-refractivity contribution < 1.29 is 19.8 Å². The molecule has 3 N–H and O–H groups in total. The van der Waals surface area contributed by atoms with E-state index in [1.807, 2.05) is 0 Å². The average molecular weight is 394 g/mol. The number of aliphatic carboxylic acids is 1. The summed E-state index contributed by atoms with van der Waals surface area (Å²) in [5, 5.41) is 19.9. The molecule has 0 aromatic carbocycles. The van der Waals surface area contributed by atoms with Gasteiger partial charge in [0.25, 0.3) is 0 Å². The van der Waals surface area contributed by atoms with Crippen LogP contribution < -0.4 is 5.32 Å². The van der Waals surface area contributed by atoms with Gasteiger partial charge in [-0.3, -0.25) is 4.79 Å². The molecule has 0 fully saturated rings. The molecule has 0 aliphatic carbocycles. The van der Waals surface area contributed by atoms with Crippen molar-refractivity contribution in [2.24, 2.45) is 0 Å². The van der Waals surface area contributed by atoms with Gasteiger partial charge in [-0.15, -0.1) is 0 Å². The SMILES string of the molecule is CCCCC/C=C\C/C=C\C/C=C\CCCCCCC(=O)N[C@@H](CO)C(=O)O. The van der Waals surface area contributed by atoms with Crippen LogP contribution in [0.15, 0.2) is 36.5 Å². The summed E-state index contributed by atoms with van der Waals surface area (Å²) < 4.78 is 0. The third-order valence-electron chi connectivity index (χ3n) is 4.36. The minimum absolute atomic E-state index is 0.303. The van der Waals surface area contributed by atoms with Crippen molar-refractivity contribution in [3.8, 4) is 0 Å². The monoisotopic (exact) mass is 393 g/mol. The lowest BCUT2D eigenvalue weighted by Crippen LogP contribution is -2.43. The number of carboxylic acids is 1. The summed E-state index contributed by atoms with van der Waals surface area (Å²) in [6.45, 7) is 1.64. The maximum atomic E-state index is 11.6. The second-order valence-corrected chi connectivity index (χ2v) is 6.98. The third kappa shape index (κ3) is 17.5. The number of allylic oxidation sites excluding steroid dienone is 6. The van der Waals surface area contributed by atoms with Crippen molar-refractivity contribution in [1.82, 2.24) is 5.32 Å². The van der Waals surface area contributed by atoms with Gasteiger partial charge in [-0.1, -0.05) is 69.1 Å². The van der Waals surface area contributed by atoms with Crippen LogP contribution in [0.1, 0.15) is 84.0 Å². The van der Waals surface area contributed by atoms with Gasteiger partial charge in [-0.25, -0.2) is 4.79 Å². The smallest absolute Gasteiger partial charge is 0.328 e. The zero-order valence-corrected chi connectivity index (χ0v) is 17.4. The van der Waals surface area contributed by atoms with Crippen molar-refractivity contribution in [1.29, 1.82) is 0 Å². The van der Waals surface area contributed by atoms with E-state index in [0.29, 0.717) is 6.42 Å². The van der Waals surface area contributed by atoms with Gasteiger partial charge in [-0.2, -0.15) is 0 Å². The first kappa shape index (κ1) is 26.1. The number of rotatable bonds is 18. The molecule has 0 radical (unpaired) electrons. The number of aliphatic hydroxyl groups excluding tert-OH is 1. The minimum Gasteiger partial charge on any atom is -0.480 e. The average Bonchev–Trinajstić information content (AvgIpc) is 2.68. The van der Waals surface area contributed by atoms with E-state index < -0.39 is 18.6 Å². The summed E-state index contributed by atoms with van der Waals surface area (Å²) in [5.41, 5.74) is 0. The predicted molar refractivity (Wildman–Crippen MR) is 115 cm³/mol. The Morgan fingerprint density at radius 3 is 1.89 bits per heavy atom. The van der Waals surface area contributed by atoms with E-state index in [2.05, 4.69) is 48.7 Å². The van der Waals surface area contributed by atoms with E-state index in [-0.39, 0.29) is 5.91 Å². The van der Waals surface area contributed by atoms with Crippen molar-refractivity contribution in [2.45, 2.75) is 90.0 Å². The Bertz CT molecular complexity index is 483. The van der Waals surface area contributed by atoms with Gasteiger partial charge in [0.2, 0.25) is 5.91 Å². The second kappa shape index (κ2) is 19.9. The molecule has 0 aliphatic heterocycles. The van der Waals surface area contributed by atoms with Crippen LogP contribution in [0.3, 0.4) is 0 Å². The van der Waals surface area contributed by atoms with Crippen LogP contribution in [0.5, 0.6) is 0 Å². The molecule has 0 spiro atoms. The topological polar surface area (TPSA) is 86.6 Å². The second-order valence-electron chi connectivity index (χ2n) is 6.98. The molecule has 0 aromatic rings. The fourth-order valence-electron chi connectivity index (χ4n) is 2.64. The number of unbranched alkanes of at least 4 members (excludes halogenated alkanes) is 7. The molecule has 5 heteroatoms. The summed E-state index contributed by atoms with van der Waals surface area (Å²) in [4.78, 5) is 22.3. The largest absolute Gasteiger partial charge is 0.480 e. The molecule has 160 valence electrons. The Balaban J connectivity index is 3.50. The van der Waals surface area contributed by atoms with Crippen LogP contribution in [-0.4, -0.2) is 34.7 Å². The molecular weight excluding hydrogens is 354 g/mol. The fraction of sp³-hybridized carbons (Fsp3) is 0.652. The van der Waals surface area contributed by atoms with E-state index in [1.165, 1.54) is 25.7 Å². The summed E-state index contributed by atoms with van der Waals surface area (Å²) in [6.07, 6.45) is 25.6. The van der Waals surface area contributed by atoms with Crippen molar-refractivity contribution in [3.05, 3.63) is 36.5 Å². The summed E-state index contributed by atoms with van der Waals surface area (Å²) in [5.74, 6) is -1.53. The molecule has 0 aliphatic rings. The number of aliphatic hydroxyl groups is 1. The first-order valence-electron chi connectivity index (χ1n) is 10.7. The van der Waals surface area contributed by atoms with Gasteiger partial charge >= 0.3 is 5.97 Å². The van der Waals surface area contributed by atoms with E-state index in [9.17, 15) is 9.59 Å². The standard InChI is InChI=1S/C23H39NO4/c1-2-3-4-5-6-7-8-9-10-11-12-13-14-15-16-17-18-19-22(26)24-21(20-25)23(27)28/h6-7,9-10,12-13,21,25H,2-5,8,11,14-20H2,1H3,(H,24,26)(H,27,28)/b7-6-,10-9-,13-12-/t21-/m0/s1. The highest BCUT2D eigenvalue weighted by Crippen LogP contribution is 2.07. The van der Waals surface area contributed by atoms with Gasteiger partial charge in [0.15, 0.2) is 0 Å². The quantitative estimate of drug-likeness (QED) is 0.228. The number of hydrogen-bond donors (Lipinski definition) is 3. The highest BCUT2D eigenvalue weighted by Gasteiger charge is 2.17. The lowest BCUT2D eigenvalue weighted by atomic mass is 10.1. The van der Waals surface area contributed by atoms with E-state index >= 15 is 0 Å². The first-order valence-corrected chi connectivity index (χ1v) is 10.7. The molecule has 0 heterocycles. The predicted octanol–water partition coefficient (Wildman–Crippen LogP) is 4.92. The number of amides is 1. The number of carbonyl (C=O) groups excluding carboxylic acids is 1. The Morgan fingerprint density at radius 1 is 0.821 bits per heavy atom. The van der Waals surface area contributed by atoms with Gasteiger partial charge in [0.05, 0.1) is 6.61 Å². The Hall–Kier alpha value is -1.88. The summed E-state index contributed by atoms with van der Waals surface area (Å²) >= 11 is 0. The van der Waals surface area contributed by atoms with Crippen LogP contribution in [-0.2, 0) is 9.59 Å². The number of nitrogens with one attached hydrogen (secondary N) is 1. The van der Waals surface area contributed by atoms with Gasteiger partial charge < -0.3 is 15.5 Å². The van der Waals surface area contributed by atoms with E-state index in [4.69, 9.17) is 10.2 Å². The zero-order valence-electron chi connectivity index (χ0n) is 17.4. The molecular formula is C23H39NO4. The Labute approximate surface area is 170 Å². The lowest BCUT2D eigenvalue weighted by molar-refractivity contribution is -0.142. The van der Waals surface area contributed by atoms with Crippen LogP contribution in [0, 0.1) is 0 Å². The van der Waals surface area contributed by atoms with Crippen molar-refractivity contribution in [3.63, 3.8) is 0 Å². The van der Waals surface area contributed by atoms with Crippen LogP contribution in [0.4, 0.5) is 0 Å². The maximum Gasteiger partial charge on any atom is 0.328 e. The zero-order chi connectivity index (χ0) is 20.9. The number of carbonyl (C=O) groups is 2. The molecule has 0 aromatic heterocycles. The Morgan fingerprint density at radius 2 is 1.36 bits per heavy atom.